The number of hydrogen-bond donors (Lipinski definition) is 0. The van der Waals surface area contributed by atoms with Gasteiger partial charge >= 0.3 is 5.97 Å². The van der Waals surface area contributed by atoms with Crippen molar-refractivity contribution in [1.82, 2.24) is 4.57 Å². The van der Waals surface area contributed by atoms with Crippen LogP contribution in [0.4, 0.5) is 4.39 Å². The fourth-order valence-corrected chi connectivity index (χ4v) is 3.20. The second-order valence-electron chi connectivity index (χ2n) is 6.30. The summed E-state index contributed by atoms with van der Waals surface area (Å²) in [7, 11) is 0. The molecule has 0 N–H and O–H groups in total. The number of amides is 1. The second kappa shape index (κ2) is 9.75. The molecule has 0 saturated carbocycles. The van der Waals surface area contributed by atoms with E-state index in [4.69, 9.17) is 4.74 Å². The lowest BCUT2D eigenvalue weighted by molar-refractivity contribution is -0.142. The van der Waals surface area contributed by atoms with E-state index in [9.17, 15) is 14.0 Å². The molecule has 29 heavy (non-hydrogen) atoms. The largest absolute Gasteiger partial charge is 0.452 e. The highest BCUT2D eigenvalue weighted by Gasteiger charge is 2.06. The third-order valence-electron chi connectivity index (χ3n) is 3.97. The average Bonchev–Trinajstić information content (AvgIpc) is 3.14. The lowest BCUT2D eigenvalue weighted by atomic mass is 10.1. The van der Waals surface area contributed by atoms with Crippen molar-refractivity contribution >= 4 is 29.3 Å². The van der Waals surface area contributed by atoms with Gasteiger partial charge in [-0.05, 0) is 36.3 Å². The second-order valence-corrected chi connectivity index (χ2v) is 7.17. The van der Waals surface area contributed by atoms with E-state index in [0.29, 0.717) is 16.9 Å². The average molecular weight is 410 g/mol. The smallest absolute Gasteiger partial charge is 0.331 e. The molecule has 1 amide bonds. The minimum absolute atomic E-state index is 0.356. The zero-order chi connectivity index (χ0) is 20.6. The number of hydrogen-bond acceptors (Lipinski definition) is 4. The zero-order valence-electron chi connectivity index (χ0n) is 15.7. The number of benzene rings is 2. The Kier molecular flexibility index (Phi) is 6.86. The molecule has 3 aromatic rings. The Bertz CT molecular complexity index is 1080. The van der Waals surface area contributed by atoms with Gasteiger partial charge < -0.3 is 9.30 Å². The van der Waals surface area contributed by atoms with Crippen molar-refractivity contribution in [3.8, 4) is 0 Å². The summed E-state index contributed by atoms with van der Waals surface area (Å²) >= 11 is 1.33. The standard InChI is InChI=1S/C22H19FN2O3S/c1-16-2-4-18(5-3-16)14-25-12-13-29-22(25)24-20(26)15-28-21(27)11-8-17-6-9-19(23)10-7-17/h2-13H,14-15H2,1H3/b11-8+,24-22?. The summed E-state index contributed by atoms with van der Waals surface area (Å²) in [6.45, 7) is 2.17. The van der Waals surface area contributed by atoms with Crippen LogP contribution in [0, 0.1) is 12.7 Å². The maximum Gasteiger partial charge on any atom is 0.331 e. The number of rotatable bonds is 6. The number of aromatic nitrogens is 1. The normalized spacial score (nSPS) is 11.7. The van der Waals surface area contributed by atoms with Crippen LogP contribution in [0.5, 0.6) is 0 Å². The number of nitrogens with zero attached hydrogens (tertiary/aromatic N) is 2. The predicted octanol–water partition coefficient (Wildman–Crippen LogP) is 3.73. The lowest BCUT2D eigenvalue weighted by Gasteiger charge is -2.04. The number of carbonyl (C=O) groups is 2. The highest BCUT2D eigenvalue weighted by molar-refractivity contribution is 7.07. The quantitative estimate of drug-likeness (QED) is 0.460. The molecule has 0 saturated heterocycles. The topological polar surface area (TPSA) is 60.7 Å². The van der Waals surface area contributed by atoms with Gasteiger partial charge in [0.2, 0.25) is 0 Å². The first-order valence-corrected chi connectivity index (χ1v) is 9.75. The molecule has 0 bridgehead atoms. The summed E-state index contributed by atoms with van der Waals surface area (Å²) in [6.07, 6.45) is 4.52. The fraction of sp³-hybridized carbons (Fsp3) is 0.136. The first-order valence-electron chi connectivity index (χ1n) is 8.87. The SMILES string of the molecule is Cc1ccc(Cn2ccsc2=NC(=O)COC(=O)/C=C/c2ccc(F)cc2)cc1. The summed E-state index contributed by atoms with van der Waals surface area (Å²) in [5.74, 6) is -1.57. The molecule has 0 radical (unpaired) electrons. The minimum Gasteiger partial charge on any atom is -0.452 e. The highest BCUT2D eigenvalue weighted by Crippen LogP contribution is 2.06. The Morgan fingerprint density at radius 1 is 1.14 bits per heavy atom. The van der Waals surface area contributed by atoms with Crippen molar-refractivity contribution in [3.63, 3.8) is 0 Å². The van der Waals surface area contributed by atoms with E-state index in [1.807, 2.05) is 47.3 Å². The Hall–Kier alpha value is -3.32. The molecule has 0 atom stereocenters. The highest BCUT2D eigenvalue weighted by atomic mass is 32.1. The monoisotopic (exact) mass is 410 g/mol. The summed E-state index contributed by atoms with van der Waals surface area (Å²) in [5, 5.41) is 1.84. The van der Waals surface area contributed by atoms with Crippen LogP contribution in [0.15, 0.2) is 71.2 Å². The maximum absolute atomic E-state index is 12.9. The zero-order valence-corrected chi connectivity index (χ0v) is 16.6. The van der Waals surface area contributed by atoms with Crippen molar-refractivity contribution in [2.45, 2.75) is 13.5 Å². The Labute approximate surface area is 171 Å². The third kappa shape index (κ3) is 6.36. The van der Waals surface area contributed by atoms with E-state index in [2.05, 4.69) is 4.99 Å². The molecular weight excluding hydrogens is 391 g/mol. The number of halogens is 1. The molecule has 0 fully saturated rings. The Morgan fingerprint density at radius 3 is 2.59 bits per heavy atom. The molecule has 1 aromatic heterocycles. The fourth-order valence-electron chi connectivity index (χ4n) is 2.46. The Balaban J connectivity index is 1.56. The van der Waals surface area contributed by atoms with E-state index in [0.717, 1.165) is 5.56 Å². The number of carbonyl (C=O) groups excluding carboxylic acids is 2. The molecule has 3 rings (SSSR count). The van der Waals surface area contributed by atoms with Crippen LogP contribution >= 0.6 is 11.3 Å². The van der Waals surface area contributed by atoms with Crippen LogP contribution in [-0.2, 0) is 20.9 Å². The lowest BCUT2D eigenvalue weighted by Crippen LogP contribution is -2.19. The minimum atomic E-state index is -0.670. The van der Waals surface area contributed by atoms with E-state index in [1.54, 1.807) is 0 Å². The van der Waals surface area contributed by atoms with Crippen LogP contribution < -0.4 is 4.80 Å². The number of ether oxygens (including phenoxy) is 1. The van der Waals surface area contributed by atoms with Gasteiger partial charge in [-0.2, -0.15) is 4.99 Å². The first-order chi connectivity index (χ1) is 14.0. The van der Waals surface area contributed by atoms with Gasteiger partial charge in [0, 0.05) is 24.2 Å². The first kappa shape index (κ1) is 20.4. The van der Waals surface area contributed by atoms with Crippen molar-refractivity contribution in [1.29, 1.82) is 0 Å². The van der Waals surface area contributed by atoms with Crippen LogP contribution in [0.3, 0.4) is 0 Å². The van der Waals surface area contributed by atoms with Gasteiger partial charge in [0.25, 0.3) is 5.91 Å². The summed E-state index contributed by atoms with van der Waals surface area (Å²) in [4.78, 5) is 28.4. The van der Waals surface area contributed by atoms with Crippen LogP contribution in [0.1, 0.15) is 16.7 Å². The van der Waals surface area contributed by atoms with E-state index in [1.165, 1.54) is 53.3 Å². The Morgan fingerprint density at radius 2 is 1.86 bits per heavy atom. The number of thiazole rings is 1. The molecular formula is C22H19FN2O3S. The molecule has 7 heteroatoms. The van der Waals surface area contributed by atoms with Gasteiger partial charge in [-0.1, -0.05) is 42.0 Å². The van der Waals surface area contributed by atoms with Crippen LogP contribution in [-0.4, -0.2) is 23.1 Å². The molecule has 0 aliphatic heterocycles. The molecule has 0 unspecified atom stereocenters. The third-order valence-corrected chi connectivity index (χ3v) is 4.77. The summed E-state index contributed by atoms with van der Waals surface area (Å²) in [5.41, 5.74) is 2.93. The van der Waals surface area contributed by atoms with Gasteiger partial charge in [0.05, 0.1) is 0 Å². The number of aryl methyl sites for hydroxylation is 1. The molecule has 1 heterocycles. The van der Waals surface area contributed by atoms with Crippen LogP contribution in [0.2, 0.25) is 0 Å². The number of esters is 1. The van der Waals surface area contributed by atoms with Crippen molar-refractivity contribution in [2.24, 2.45) is 4.99 Å². The molecule has 0 spiro atoms. The van der Waals surface area contributed by atoms with Crippen molar-refractivity contribution < 1.29 is 18.7 Å². The molecule has 148 valence electrons. The van der Waals surface area contributed by atoms with Gasteiger partial charge in [-0.25, -0.2) is 9.18 Å². The van der Waals surface area contributed by atoms with Crippen molar-refractivity contribution in [3.05, 3.63) is 93.5 Å². The van der Waals surface area contributed by atoms with E-state index < -0.39 is 18.5 Å². The van der Waals surface area contributed by atoms with Crippen molar-refractivity contribution in [2.75, 3.05) is 6.61 Å². The summed E-state index contributed by atoms with van der Waals surface area (Å²) < 4.78 is 19.6. The van der Waals surface area contributed by atoms with E-state index in [-0.39, 0.29) is 5.82 Å². The summed E-state index contributed by atoms with van der Waals surface area (Å²) in [6, 6.07) is 13.8. The van der Waals surface area contributed by atoms with Gasteiger partial charge in [0.15, 0.2) is 11.4 Å². The van der Waals surface area contributed by atoms with Gasteiger partial charge in [-0.15, -0.1) is 11.3 Å². The predicted molar refractivity (Wildman–Crippen MR) is 110 cm³/mol. The molecule has 5 nitrogen and oxygen atoms in total. The maximum atomic E-state index is 12.9. The van der Waals surface area contributed by atoms with E-state index >= 15 is 0 Å². The van der Waals surface area contributed by atoms with Crippen LogP contribution in [0.25, 0.3) is 6.08 Å². The molecule has 2 aromatic carbocycles. The van der Waals surface area contributed by atoms with Gasteiger partial charge in [-0.3, -0.25) is 4.79 Å². The molecule has 0 aliphatic carbocycles. The van der Waals surface area contributed by atoms with Gasteiger partial charge in [0.1, 0.15) is 5.82 Å². The molecule has 0 aliphatic rings.